The number of aromatic nitrogens is 3. The number of rotatable bonds is 6. The number of hydrogen-bond donors (Lipinski definition) is 2. The van der Waals surface area contributed by atoms with Crippen molar-refractivity contribution < 1.29 is 4.92 Å². The molecule has 0 saturated heterocycles. The number of hydrazone groups is 1. The Balaban J connectivity index is 1.63. The molecule has 0 unspecified atom stereocenters. The fraction of sp³-hybridized carbons (Fsp3) is 0.0667. The Morgan fingerprint density at radius 3 is 2.60 bits per heavy atom. The van der Waals surface area contributed by atoms with E-state index >= 15 is 0 Å². The van der Waals surface area contributed by atoms with Gasteiger partial charge in [0.05, 0.1) is 16.3 Å². The molecule has 25 heavy (non-hydrogen) atoms. The first-order valence-corrected chi connectivity index (χ1v) is 8.00. The smallest absolute Gasteiger partial charge is 0.269 e. The molecule has 2 aromatic heterocycles. The Morgan fingerprint density at radius 1 is 1.16 bits per heavy atom. The van der Waals surface area contributed by atoms with Crippen LogP contribution in [0.5, 0.6) is 0 Å². The molecule has 0 aliphatic heterocycles. The van der Waals surface area contributed by atoms with Crippen LogP contribution in [0.15, 0.2) is 53.8 Å². The highest BCUT2D eigenvalue weighted by Gasteiger charge is 2.07. The number of anilines is 3. The molecule has 0 saturated carbocycles. The van der Waals surface area contributed by atoms with E-state index in [4.69, 9.17) is 0 Å². The largest absolute Gasteiger partial charge is 0.330 e. The van der Waals surface area contributed by atoms with Gasteiger partial charge in [0.1, 0.15) is 0 Å². The van der Waals surface area contributed by atoms with Crippen molar-refractivity contribution in [1.29, 1.82) is 0 Å². The summed E-state index contributed by atoms with van der Waals surface area (Å²) in [4.78, 5) is 14.4. The molecular formula is C15H13N7O2S. The van der Waals surface area contributed by atoms with Gasteiger partial charge in [-0.1, -0.05) is 17.4 Å². The third-order valence-corrected chi connectivity index (χ3v) is 3.85. The molecule has 10 heteroatoms. The van der Waals surface area contributed by atoms with Gasteiger partial charge in [0.2, 0.25) is 10.3 Å². The Morgan fingerprint density at radius 2 is 1.92 bits per heavy atom. The molecule has 3 aromatic rings. The molecule has 1 aromatic carbocycles. The van der Waals surface area contributed by atoms with Crippen LogP contribution in [-0.4, -0.2) is 25.8 Å². The molecular weight excluding hydrogens is 342 g/mol. The van der Waals surface area contributed by atoms with Crippen molar-refractivity contribution in [1.82, 2.24) is 15.2 Å². The van der Waals surface area contributed by atoms with Crippen molar-refractivity contribution in [2.24, 2.45) is 5.10 Å². The SMILES string of the molecule is CC(=NNc1nnc(Nc2ccc([N+](=O)[O-])cc2)s1)c1ccccn1. The van der Waals surface area contributed by atoms with Crippen molar-refractivity contribution in [3.05, 3.63) is 64.5 Å². The van der Waals surface area contributed by atoms with Crippen LogP contribution in [0.3, 0.4) is 0 Å². The lowest BCUT2D eigenvalue weighted by Gasteiger charge is -2.00. The number of hydrogen-bond acceptors (Lipinski definition) is 9. The quantitative estimate of drug-likeness (QED) is 0.395. The third kappa shape index (κ3) is 4.32. The molecule has 3 rings (SSSR count). The molecule has 2 heterocycles. The van der Waals surface area contributed by atoms with Crippen molar-refractivity contribution in [3.8, 4) is 0 Å². The van der Waals surface area contributed by atoms with E-state index in [-0.39, 0.29) is 5.69 Å². The highest BCUT2D eigenvalue weighted by atomic mass is 32.1. The van der Waals surface area contributed by atoms with Gasteiger partial charge in [0.25, 0.3) is 5.69 Å². The van der Waals surface area contributed by atoms with E-state index in [0.717, 1.165) is 11.4 Å². The third-order valence-electron chi connectivity index (χ3n) is 3.11. The summed E-state index contributed by atoms with van der Waals surface area (Å²) in [6, 6.07) is 11.6. The predicted octanol–water partition coefficient (Wildman–Crippen LogP) is 3.42. The van der Waals surface area contributed by atoms with Gasteiger partial charge in [0.15, 0.2) is 0 Å². The molecule has 0 aliphatic carbocycles. The minimum atomic E-state index is -0.446. The normalized spacial score (nSPS) is 11.2. The van der Waals surface area contributed by atoms with Gasteiger partial charge < -0.3 is 5.32 Å². The number of non-ortho nitro benzene ring substituents is 1. The van der Waals surface area contributed by atoms with Crippen LogP contribution in [0.4, 0.5) is 21.6 Å². The topological polar surface area (TPSA) is 118 Å². The van der Waals surface area contributed by atoms with Crippen molar-refractivity contribution in [2.45, 2.75) is 6.92 Å². The maximum atomic E-state index is 10.6. The lowest BCUT2D eigenvalue weighted by atomic mass is 10.3. The van der Waals surface area contributed by atoms with Gasteiger partial charge in [-0.25, -0.2) is 0 Å². The fourth-order valence-corrected chi connectivity index (χ4v) is 2.48. The second kappa shape index (κ2) is 7.45. The van der Waals surface area contributed by atoms with Crippen molar-refractivity contribution in [3.63, 3.8) is 0 Å². The van der Waals surface area contributed by atoms with Crippen LogP contribution in [0.1, 0.15) is 12.6 Å². The lowest BCUT2D eigenvalue weighted by molar-refractivity contribution is -0.384. The number of pyridine rings is 1. The molecule has 0 amide bonds. The van der Waals surface area contributed by atoms with Crippen LogP contribution in [0.2, 0.25) is 0 Å². The summed E-state index contributed by atoms with van der Waals surface area (Å²) in [5.74, 6) is 0. The minimum Gasteiger partial charge on any atom is -0.330 e. The zero-order chi connectivity index (χ0) is 17.6. The molecule has 0 aliphatic rings. The molecule has 126 valence electrons. The van der Waals surface area contributed by atoms with E-state index in [1.165, 1.54) is 23.5 Å². The molecule has 0 atom stereocenters. The van der Waals surface area contributed by atoms with Crippen LogP contribution >= 0.6 is 11.3 Å². The first-order valence-electron chi connectivity index (χ1n) is 7.18. The Kier molecular flexibility index (Phi) is 4.90. The summed E-state index contributed by atoms with van der Waals surface area (Å²) in [5.41, 5.74) is 5.04. The predicted molar refractivity (Wildman–Crippen MR) is 96.4 cm³/mol. The van der Waals surface area contributed by atoms with Gasteiger partial charge >= 0.3 is 0 Å². The highest BCUT2D eigenvalue weighted by Crippen LogP contribution is 2.25. The summed E-state index contributed by atoms with van der Waals surface area (Å²) < 4.78 is 0. The second-order valence-electron chi connectivity index (χ2n) is 4.87. The van der Waals surface area contributed by atoms with Crippen molar-refractivity contribution >= 4 is 38.7 Å². The summed E-state index contributed by atoms with van der Waals surface area (Å²) in [6.45, 7) is 1.84. The van der Waals surface area contributed by atoms with Crippen LogP contribution in [-0.2, 0) is 0 Å². The summed E-state index contributed by atoms with van der Waals surface area (Å²) >= 11 is 1.27. The molecule has 9 nitrogen and oxygen atoms in total. The van der Waals surface area contributed by atoms with Gasteiger partial charge in [-0.15, -0.1) is 10.2 Å². The molecule has 0 radical (unpaired) electrons. The number of nitro groups is 1. The number of nitrogens with zero attached hydrogens (tertiary/aromatic N) is 5. The average Bonchev–Trinajstić information content (AvgIpc) is 3.08. The molecule has 0 bridgehead atoms. The minimum absolute atomic E-state index is 0.0319. The summed E-state index contributed by atoms with van der Waals surface area (Å²) in [7, 11) is 0. The van der Waals surface area contributed by atoms with Crippen molar-refractivity contribution in [2.75, 3.05) is 10.7 Å². The highest BCUT2D eigenvalue weighted by molar-refractivity contribution is 7.19. The van der Waals surface area contributed by atoms with E-state index in [2.05, 4.69) is 31.0 Å². The van der Waals surface area contributed by atoms with E-state index < -0.39 is 4.92 Å². The maximum absolute atomic E-state index is 10.6. The van der Waals surface area contributed by atoms with E-state index in [1.54, 1.807) is 18.3 Å². The van der Waals surface area contributed by atoms with Crippen LogP contribution in [0.25, 0.3) is 0 Å². The van der Waals surface area contributed by atoms with E-state index in [1.807, 2.05) is 25.1 Å². The van der Waals surface area contributed by atoms with Gasteiger partial charge in [0, 0.05) is 24.0 Å². The molecule has 0 fully saturated rings. The Hall–Kier alpha value is -3.40. The number of benzene rings is 1. The summed E-state index contributed by atoms with van der Waals surface area (Å²) in [5, 5.41) is 26.9. The monoisotopic (exact) mass is 355 g/mol. The van der Waals surface area contributed by atoms with Gasteiger partial charge in [-0.3, -0.25) is 20.5 Å². The Labute approximate surface area is 146 Å². The summed E-state index contributed by atoms with van der Waals surface area (Å²) in [6.07, 6.45) is 1.70. The maximum Gasteiger partial charge on any atom is 0.269 e. The van der Waals surface area contributed by atoms with E-state index in [9.17, 15) is 10.1 Å². The molecule has 2 N–H and O–H groups in total. The average molecular weight is 355 g/mol. The zero-order valence-electron chi connectivity index (χ0n) is 13.1. The van der Waals surface area contributed by atoms with Gasteiger partial charge in [-0.2, -0.15) is 5.10 Å². The van der Waals surface area contributed by atoms with Crippen LogP contribution < -0.4 is 10.7 Å². The second-order valence-corrected chi connectivity index (χ2v) is 5.84. The van der Waals surface area contributed by atoms with Gasteiger partial charge in [-0.05, 0) is 31.2 Å². The lowest BCUT2D eigenvalue weighted by Crippen LogP contribution is -2.01. The molecule has 0 spiro atoms. The van der Waals surface area contributed by atoms with E-state index in [0.29, 0.717) is 16.0 Å². The standard InChI is InChI=1S/C15H13N7O2S/c1-10(13-4-2-3-9-16-13)18-20-15-21-19-14(25-15)17-11-5-7-12(8-6-11)22(23)24/h2-9H,1H3,(H,17,19)(H,20,21). The zero-order valence-corrected chi connectivity index (χ0v) is 13.9. The Bertz CT molecular complexity index is 894. The first-order chi connectivity index (χ1) is 12.1. The number of nitro benzene ring substituents is 1. The fourth-order valence-electron chi connectivity index (χ4n) is 1.87. The first kappa shape index (κ1) is 16.5. The van der Waals surface area contributed by atoms with Crippen LogP contribution in [0, 0.1) is 10.1 Å². The number of nitrogens with one attached hydrogen (secondary N) is 2.